The molecule has 0 amide bonds. The van der Waals surface area contributed by atoms with E-state index in [-0.39, 0.29) is 6.10 Å². The first-order chi connectivity index (χ1) is 6.65. The fraction of sp³-hybridized carbons (Fsp3) is 0.600. The largest absolute Gasteiger partial charge is 0.367 e. The van der Waals surface area contributed by atoms with Gasteiger partial charge in [0.2, 0.25) is 0 Å². The molecule has 4 heteroatoms. The molecule has 14 heavy (non-hydrogen) atoms. The maximum atomic E-state index is 5.86. The first-order valence-electron chi connectivity index (χ1n) is 4.81. The van der Waals surface area contributed by atoms with Gasteiger partial charge in [-0.05, 0) is 32.8 Å². The van der Waals surface area contributed by atoms with Crippen molar-refractivity contribution in [3.05, 3.63) is 22.7 Å². The molecular formula is C10H13ClN2O. The summed E-state index contributed by atoms with van der Waals surface area (Å²) < 4.78 is 5.67. The lowest BCUT2D eigenvalue weighted by Gasteiger charge is -2.10. The van der Waals surface area contributed by atoms with Crippen LogP contribution in [0.25, 0.3) is 0 Å². The van der Waals surface area contributed by atoms with Gasteiger partial charge in [0, 0.05) is 5.69 Å². The molecule has 0 saturated carbocycles. The fourth-order valence-corrected chi connectivity index (χ4v) is 1.93. The van der Waals surface area contributed by atoms with E-state index in [1.165, 1.54) is 0 Å². The highest BCUT2D eigenvalue weighted by atomic mass is 35.5. The van der Waals surface area contributed by atoms with Gasteiger partial charge in [0.1, 0.15) is 11.3 Å². The van der Waals surface area contributed by atoms with Crippen LogP contribution in [-0.4, -0.2) is 16.1 Å². The van der Waals surface area contributed by atoms with Crippen LogP contribution in [-0.2, 0) is 4.74 Å². The Kier molecular flexibility index (Phi) is 2.70. The minimum Gasteiger partial charge on any atom is -0.367 e. The molecule has 0 bridgehead atoms. The van der Waals surface area contributed by atoms with Crippen molar-refractivity contribution in [1.29, 1.82) is 0 Å². The zero-order chi connectivity index (χ0) is 10.1. The van der Waals surface area contributed by atoms with E-state index in [0.29, 0.717) is 11.3 Å². The lowest BCUT2D eigenvalue weighted by Crippen LogP contribution is -2.06. The normalized spacial score (nSPS) is 26.8. The van der Waals surface area contributed by atoms with Crippen LogP contribution < -0.4 is 0 Å². The third kappa shape index (κ3) is 2.04. The SMILES string of the molecule is Cc1cc(Cl)nc(C2CCC(C)O2)n1. The van der Waals surface area contributed by atoms with E-state index in [1.807, 2.05) is 6.92 Å². The quantitative estimate of drug-likeness (QED) is 0.672. The zero-order valence-electron chi connectivity index (χ0n) is 8.33. The molecule has 2 unspecified atom stereocenters. The Hall–Kier alpha value is -0.670. The Morgan fingerprint density at radius 2 is 2.21 bits per heavy atom. The molecule has 2 heterocycles. The minimum atomic E-state index is 0.0300. The Morgan fingerprint density at radius 3 is 2.79 bits per heavy atom. The summed E-state index contributed by atoms with van der Waals surface area (Å²) in [5, 5.41) is 0.496. The lowest BCUT2D eigenvalue weighted by molar-refractivity contribution is 0.0502. The predicted molar refractivity (Wildman–Crippen MR) is 54.3 cm³/mol. The van der Waals surface area contributed by atoms with Crippen LogP contribution in [0, 0.1) is 6.92 Å². The van der Waals surface area contributed by atoms with Gasteiger partial charge in [0.15, 0.2) is 5.82 Å². The molecule has 0 radical (unpaired) electrons. The van der Waals surface area contributed by atoms with Crippen LogP contribution in [0.5, 0.6) is 0 Å². The monoisotopic (exact) mass is 212 g/mol. The van der Waals surface area contributed by atoms with E-state index in [0.717, 1.165) is 24.4 Å². The number of nitrogens with zero attached hydrogens (tertiary/aromatic N) is 2. The molecule has 3 nitrogen and oxygen atoms in total. The highest BCUT2D eigenvalue weighted by Gasteiger charge is 2.25. The molecule has 76 valence electrons. The number of halogens is 1. The third-order valence-electron chi connectivity index (χ3n) is 2.36. The number of rotatable bonds is 1. The number of ether oxygens (including phenoxy) is 1. The zero-order valence-corrected chi connectivity index (χ0v) is 9.08. The van der Waals surface area contributed by atoms with Gasteiger partial charge >= 0.3 is 0 Å². The van der Waals surface area contributed by atoms with Gasteiger partial charge in [-0.15, -0.1) is 0 Å². The van der Waals surface area contributed by atoms with Crippen molar-refractivity contribution >= 4 is 11.6 Å². The maximum absolute atomic E-state index is 5.86. The van der Waals surface area contributed by atoms with Gasteiger partial charge in [-0.3, -0.25) is 0 Å². The van der Waals surface area contributed by atoms with Crippen LogP contribution in [0.15, 0.2) is 6.07 Å². The molecule has 1 aromatic heterocycles. The molecule has 2 atom stereocenters. The molecule has 1 fully saturated rings. The van der Waals surface area contributed by atoms with Gasteiger partial charge < -0.3 is 4.74 Å². The van der Waals surface area contributed by atoms with Crippen molar-refractivity contribution in [2.24, 2.45) is 0 Å². The fourth-order valence-electron chi connectivity index (χ4n) is 1.69. The molecule has 0 aromatic carbocycles. The highest BCUT2D eigenvalue weighted by Crippen LogP contribution is 2.30. The Bertz CT molecular complexity index is 323. The summed E-state index contributed by atoms with van der Waals surface area (Å²) in [6, 6.07) is 1.75. The second kappa shape index (κ2) is 3.83. The van der Waals surface area contributed by atoms with Crippen molar-refractivity contribution in [3.8, 4) is 0 Å². The summed E-state index contributed by atoms with van der Waals surface area (Å²) >= 11 is 5.86. The van der Waals surface area contributed by atoms with E-state index in [1.54, 1.807) is 6.07 Å². The third-order valence-corrected chi connectivity index (χ3v) is 2.55. The molecule has 1 saturated heterocycles. The van der Waals surface area contributed by atoms with Crippen molar-refractivity contribution in [2.45, 2.75) is 38.9 Å². The summed E-state index contributed by atoms with van der Waals surface area (Å²) in [6.07, 6.45) is 2.39. The van der Waals surface area contributed by atoms with Crippen LogP contribution in [0.1, 0.15) is 37.4 Å². The van der Waals surface area contributed by atoms with Crippen molar-refractivity contribution in [2.75, 3.05) is 0 Å². The first-order valence-corrected chi connectivity index (χ1v) is 5.19. The standard InChI is InChI=1S/C10H13ClN2O/c1-6-5-9(11)13-10(12-6)8-4-3-7(2)14-8/h5,7-8H,3-4H2,1-2H3. The Balaban J connectivity index is 2.23. The van der Waals surface area contributed by atoms with Crippen LogP contribution in [0.2, 0.25) is 5.15 Å². The molecule has 0 N–H and O–H groups in total. The van der Waals surface area contributed by atoms with Crippen molar-refractivity contribution in [1.82, 2.24) is 9.97 Å². The molecule has 1 aliphatic rings. The predicted octanol–water partition coefficient (Wildman–Crippen LogP) is 2.68. The number of aryl methyl sites for hydroxylation is 1. The van der Waals surface area contributed by atoms with Crippen molar-refractivity contribution < 1.29 is 4.74 Å². The van der Waals surface area contributed by atoms with E-state index >= 15 is 0 Å². The lowest BCUT2D eigenvalue weighted by atomic mass is 10.2. The second-order valence-corrected chi connectivity index (χ2v) is 4.09. The topological polar surface area (TPSA) is 35.0 Å². The molecule has 2 rings (SSSR count). The van der Waals surface area contributed by atoms with Crippen LogP contribution >= 0.6 is 11.6 Å². The van der Waals surface area contributed by atoms with Gasteiger partial charge in [-0.2, -0.15) is 0 Å². The molecule has 1 aromatic rings. The molecule has 0 aliphatic carbocycles. The van der Waals surface area contributed by atoms with Gasteiger partial charge in [0.05, 0.1) is 6.10 Å². The summed E-state index contributed by atoms with van der Waals surface area (Å²) in [5.41, 5.74) is 0.892. The van der Waals surface area contributed by atoms with Crippen LogP contribution in [0.4, 0.5) is 0 Å². The average Bonchev–Trinajstić information content (AvgIpc) is 2.50. The van der Waals surface area contributed by atoms with Gasteiger partial charge in [0.25, 0.3) is 0 Å². The first kappa shape index (κ1) is 9.87. The molecular weight excluding hydrogens is 200 g/mol. The number of aromatic nitrogens is 2. The smallest absolute Gasteiger partial charge is 0.159 e. The Labute approximate surface area is 88.5 Å². The molecule has 0 spiro atoms. The number of hydrogen-bond acceptors (Lipinski definition) is 3. The summed E-state index contributed by atoms with van der Waals surface area (Å²) in [5.74, 6) is 0.722. The van der Waals surface area contributed by atoms with E-state index in [9.17, 15) is 0 Å². The van der Waals surface area contributed by atoms with E-state index < -0.39 is 0 Å². The minimum absolute atomic E-state index is 0.0300. The summed E-state index contributed by atoms with van der Waals surface area (Å²) in [7, 11) is 0. The van der Waals surface area contributed by atoms with Crippen LogP contribution in [0.3, 0.4) is 0 Å². The highest BCUT2D eigenvalue weighted by molar-refractivity contribution is 6.29. The van der Waals surface area contributed by atoms with Crippen molar-refractivity contribution in [3.63, 3.8) is 0 Å². The molecule has 1 aliphatic heterocycles. The van der Waals surface area contributed by atoms with Gasteiger partial charge in [-0.25, -0.2) is 9.97 Å². The van der Waals surface area contributed by atoms with E-state index in [2.05, 4.69) is 16.9 Å². The summed E-state index contributed by atoms with van der Waals surface area (Å²) in [6.45, 7) is 3.98. The number of hydrogen-bond donors (Lipinski definition) is 0. The second-order valence-electron chi connectivity index (χ2n) is 3.70. The summed E-state index contributed by atoms with van der Waals surface area (Å²) in [4.78, 5) is 8.51. The average molecular weight is 213 g/mol. The Morgan fingerprint density at radius 1 is 1.43 bits per heavy atom. The maximum Gasteiger partial charge on any atom is 0.159 e. The van der Waals surface area contributed by atoms with E-state index in [4.69, 9.17) is 16.3 Å². The van der Waals surface area contributed by atoms with Gasteiger partial charge in [-0.1, -0.05) is 11.6 Å².